The first-order valence-electron chi connectivity index (χ1n) is 4.01. The third-order valence-corrected chi connectivity index (χ3v) is 2.15. The van der Waals surface area contributed by atoms with Crippen LogP contribution in [-0.4, -0.2) is 25.1 Å². The van der Waals surface area contributed by atoms with E-state index in [2.05, 4.69) is 31.1 Å². The lowest BCUT2D eigenvalue weighted by Gasteiger charge is -2.04. The predicted molar refractivity (Wildman–Crippen MR) is 52.4 cm³/mol. The van der Waals surface area contributed by atoms with Crippen molar-refractivity contribution in [1.29, 1.82) is 0 Å². The van der Waals surface area contributed by atoms with Gasteiger partial charge >= 0.3 is 0 Å². The molecule has 0 aromatic rings. The van der Waals surface area contributed by atoms with Gasteiger partial charge < -0.3 is 5.11 Å². The van der Waals surface area contributed by atoms with Crippen LogP contribution >= 0.6 is 0 Å². The van der Waals surface area contributed by atoms with Gasteiger partial charge in [-0.3, -0.25) is 4.79 Å². The summed E-state index contributed by atoms with van der Waals surface area (Å²) in [5.74, 6) is 2.64. The Hall–Kier alpha value is -0.593. The zero-order valence-corrected chi connectivity index (χ0v) is 9.14. The number of aliphatic hydroxyl groups is 1. The van der Waals surface area contributed by atoms with Gasteiger partial charge in [0.2, 0.25) is 0 Å². The number of rotatable bonds is 2. The Labute approximate surface area is 75.0 Å². The van der Waals surface area contributed by atoms with Crippen molar-refractivity contribution in [3.8, 4) is 11.5 Å². The zero-order valence-electron chi connectivity index (χ0n) is 8.14. The molecule has 2 nitrogen and oxygen atoms in total. The van der Waals surface area contributed by atoms with Crippen LogP contribution in [0, 0.1) is 11.5 Å². The number of hydrogen-bond acceptors (Lipinski definition) is 2. The van der Waals surface area contributed by atoms with Crippen molar-refractivity contribution in [2.45, 2.75) is 39.1 Å². The van der Waals surface area contributed by atoms with Crippen LogP contribution in [0.25, 0.3) is 0 Å². The molecule has 1 atom stereocenters. The highest BCUT2D eigenvalue weighted by Crippen LogP contribution is 1.98. The van der Waals surface area contributed by atoms with E-state index in [0.29, 0.717) is 0 Å². The van der Waals surface area contributed by atoms with E-state index < -0.39 is 14.2 Å². The minimum absolute atomic E-state index is 0.208. The first-order valence-corrected chi connectivity index (χ1v) is 7.51. The molecule has 0 bridgehead atoms. The topological polar surface area (TPSA) is 37.3 Å². The second-order valence-electron chi connectivity index (χ2n) is 3.88. The molecule has 12 heavy (non-hydrogen) atoms. The molecule has 68 valence electrons. The van der Waals surface area contributed by atoms with Gasteiger partial charge in [0.1, 0.15) is 14.2 Å². The summed E-state index contributed by atoms with van der Waals surface area (Å²) < 4.78 is 0. The highest BCUT2D eigenvalue weighted by atomic mass is 28.3. The molecule has 0 fully saturated rings. The number of aliphatic hydroxyl groups excluding tert-OH is 1. The van der Waals surface area contributed by atoms with Gasteiger partial charge in [0.05, 0.1) is 0 Å². The highest BCUT2D eigenvalue weighted by Gasteiger charge is 2.09. The summed E-state index contributed by atoms with van der Waals surface area (Å²) in [5, 5.41) is 9.09. The molecule has 0 rings (SSSR count). The maximum absolute atomic E-state index is 10.6. The van der Waals surface area contributed by atoms with Crippen LogP contribution in [0.1, 0.15) is 13.3 Å². The van der Waals surface area contributed by atoms with E-state index >= 15 is 0 Å². The van der Waals surface area contributed by atoms with Crippen LogP contribution in [0.4, 0.5) is 0 Å². The van der Waals surface area contributed by atoms with Crippen LogP contribution in [0.3, 0.4) is 0 Å². The molecule has 0 aliphatic rings. The van der Waals surface area contributed by atoms with Gasteiger partial charge in [-0.25, -0.2) is 0 Å². The zero-order chi connectivity index (χ0) is 9.78. The molecule has 0 aliphatic heterocycles. The van der Waals surface area contributed by atoms with Crippen molar-refractivity contribution in [2.24, 2.45) is 0 Å². The molecule has 0 aliphatic carbocycles. The average molecular weight is 184 g/mol. The average Bonchev–Trinajstić information content (AvgIpc) is 1.84. The van der Waals surface area contributed by atoms with Gasteiger partial charge in [-0.05, 0) is 6.92 Å². The van der Waals surface area contributed by atoms with E-state index in [0.717, 1.165) is 0 Å². The normalized spacial score (nSPS) is 13.1. The highest BCUT2D eigenvalue weighted by molar-refractivity contribution is 6.83. The van der Waals surface area contributed by atoms with Crippen LogP contribution in [0.2, 0.25) is 19.6 Å². The Kier molecular flexibility index (Phi) is 4.22. The molecular weight excluding hydrogens is 168 g/mol. The summed E-state index contributed by atoms with van der Waals surface area (Å²) in [5.41, 5.74) is 3.08. The number of carbonyl (C=O) groups is 1. The summed E-state index contributed by atoms with van der Waals surface area (Å²) in [6.07, 6.45) is -0.617. The van der Waals surface area contributed by atoms with Gasteiger partial charge in [-0.15, -0.1) is 11.5 Å². The molecule has 0 saturated heterocycles. The van der Waals surface area contributed by atoms with Gasteiger partial charge in [0.25, 0.3) is 0 Å². The van der Waals surface area contributed by atoms with Gasteiger partial charge in [0.15, 0.2) is 5.78 Å². The van der Waals surface area contributed by atoms with Gasteiger partial charge in [0, 0.05) is 6.42 Å². The lowest BCUT2D eigenvalue weighted by Crippen LogP contribution is -2.18. The predicted octanol–water partition coefficient (Wildman–Crippen LogP) is 1.21. The minimum Gasteiger partial charge on any atom is -0.384 e. The summed E-state index contributed by atoms with van der Waals surface area (Å²) in [6, 6.07) is 0. The molecule has 0 aromatic carbocycles. The molecule has 0 amide bonds. The molecule has 0 aromatic heterocycles. The van der Waals surface area contributed by atoms with Crippen LogP contribution in [0.5, 0.6) is 0 Å². The number of Topliss-reactive ketones (excluding diaryl/α,β-unsaturated/α-hetero) is 1. The minimum atomic E-state index is -1.34. The summed E-state index contributed by atoms with van der Waals surface area (Å²) >= 11 is 0. The van der Waals surface area contributed by atoms with E-state index in [-0.39, 0.29) is 12.2 Å². The molecule has 0 saturated carbocycles. The van der Waals surface area contributed by atoms with Crippen molar-refractivity contribution < 1.29 is 9.90 Å². The van der Waals surface area contributed by atoms with Gasteiger partial charge in [-0.2, -0.15) is 0 Å². The third-order valence-electron chi connectivity index (χ3n) is 1.23. The Balaban J connectivity index is 3.96. The van der Waals surface area contributed by atoms with E-state index in [4.69, 9.17) is 5.11 Å². The second kappa shape index (κ2) is 4.44. The number of ketones is 1. The quantitative estimate of drug-likeness (QED) is 0.517. The Morgan fingerprint density at radius 1 is 1.50 bits per heavy atom. The second-order valence-corrected chi connectivity index (χ2v) is 8.63. The van der Waals surface area contributed by atoms with Crippen LogP contribution < -0.4 is 0 Å². The first-order chi connectivity index (χ1) is 5.33. The van der Waals surface area contributed by atoms with Gasteiger partial charge in [-0.1, -0.05) is 19.6 Å². The number of hydrogen-bond donors (Lipinski definition) is 1. The lowest BCUT2D eigenvalue weighted by molar-refractivity contribution is -0.124. The van der Waals surface area contributed by atoms with Crippen molar-refractivity contribution in [3.05, 3.63) is 0 Å². The fraction of sp³-hybridized carbons (Fsp3) is 0.667. The van der Waals surface area contributed by atoms with Crippen LogP contribution in [-0.2, 0) is 4.79 Å². The summed E-state index contributed by atoms with van der Waals surface area (Å²) in [7, 11) is -1.34. The molecule has 3 heteroatoms. The maximum atomic E-state index is 10.6. The number of carbonyl (C=O) groups excluding carboxylic acids is 1. The van der Waals surface area contributed by atoms with Crippen molar-refractivity contribution in [3.63, 3.8) is 0 Å². The van der Waals surface area contributed by atoms with E-state index in [1.807, 2.05) is 0 Å². The lowest BCUT2D eigenvalue weighted by atomic mass is 10.2. The summed E-state index contributed by atoms with van der Waals surface area (Å²) in [4.78, 5) is 10.6. The molecule has 0 spiro atoms. The monoisotopic (exact) mass is 184 g/mol. The third kappa shape index (κ3) is 6.14. The molecule has 1 N–H and O–H groups in total. The maximum Gasteiger partial charge on any atom is 0.159 e. The van der Waals surface area contributed by atoms with E-state index in [9.17, 15) is 4.79 Å². The molecule has 0 unspecified atom stereocenters. The Morgan fingerprint density at radius 2 is 2.00 bits per heavy atom. The largest absolute Gasteiger partial charge is 0.384 e. The molecule has 0 heterocycles. The van der Waals surface area contributed by atoms with E-state index in [1.54, 1.807) is 0 Å². The Morgan fingerprint density at radius 3 is 2.33 bits per heavy atom. The standard InChI is InChI=1S/C9H16O2Si/c1-8(10)9(11)6-5-7-12(2,3)4/h9,11H,6H2,1-4H3/t9-/m0/s1. The SMILES string of the molecule is CC(=O)[C@@H](O)CC#C[Si](C)(C)C. The fourth-order valence-corrected chi connectivity index (χ4v) is 1.19. The fourth-order valence-electron chi connectivity index (χ4n) is 0.557. The Bertz CT molecular complexity index is 217. The smallest absolute Gasteiger partial charge is 0.159 e. The summed E-state index contributed by atoms with van der Waals surface area (Å²) in [6.45, 7) is 7.75. The molecule has 0 radical (unpaired) electrons. The first kappa shape index (κ1) is 11.4. The van der Waals surface area contributed by atoms with Crippen LogP contribution in [0.15, 0.2) is 0 Å². The van der Waals surface area contributed by atoms with Crippen molar-refractivity contribution in [1.82, 2.24) is 0 Å². The van der Waals surface area contributed by atoms with E-state index in [1.165, 1.54) is 6.92 Å². The van der Waals surface area contributed by atoms with Crippen molar-refractivity contribution >= 4 is 13.9 Å². The molecular formula is C9H16O2Si. The van der Waals surface area contributed by atoms with Crippen molar-refractivity contribution in [2.75, 3.05) is 0 Å².